The maximum absolute atomic E-state index is 11.3. The number of aromatic nitrogens is 1. The van der Waals surface area contributed by atoms with Gasteiger partial charge in [0.2, 0.25) is 0 Å². The lowest BCUT2D eigenvalue weighted by atomic mass is 10.1. The van der Waals surface area contributed by atoms with Crippen LogP contribution in [0.5, 0.6) is 0 Å². The molecule has 1 fully saturated rings. The van der Waals surface area contributed by atoms with Gasteiger partial charge in [-0.25, -0.2) is 4.79 Å². The molecule has 2 N–H and O–H groups in total. The lowest BCUT2D eigenvalue weighted by molar-refractivity contribution is 0.0696. The van der Waals surface area contributed by atoms with Gasteiger partial charge in [0, 0.05) is 42.8 Å². The topological polar surface area (TPSA) is 65.7 Å². The highest BCUT2D eigenvalue weighted by Crippen LogP contribution is 2.28. The summed E-state index contributed by atoms with van der Waals surface area (Å²) in [7, 11) is 0. The molecule has 0 unspecified atom stereocenters. The van der Waals surface area contributed by atoms with Crippen molar-refractivity contribution in [2.75, 3.05) is 13.1 Å². The van der Waals surface area contributed by atoms with Crippen LogP contribution in [0, 0.1) is 0 Å². The van der Waals surface area contributed by atoms with E-state index in [1.165, 1.54) is 0 Å². The van der Waals surface area contributed by atoms with Crippen molar-refractivity contribution < 1.29 is 15.0 Å². The highest BCUT2D eigenvalue weighted by molar-refractivity contribution is 5.95. The van der Waals surface area contributed by atoms with Crippen molar-refractivity contribution in [2.45, 2.75) is 45.4 Å². The van der Waals surface area contributed by atoms with Gasteiger partial charge in [-0.2, -0.15) is 0 Å². The van der Waals surface area contributed by atoms with Crippen molar-refractivity contribution in [1.29, 1.82) is 0 Å². The summed E-state index contributed by atoms with van der Waals surface area (Å²) in [6, 6.07) is 5.68. The first-order valence-electron chi connectivity index (χ1n) is 8.23. The van der Waals surface area contributed by atoms with Gasteiger partial charge in [-0.1, -0.05) is 0 Å². The zero-order valence-electron chi connectivity index (χ0n) is 13.7. The molecule has 2 aromatic rings. The highest BCUT2D eigenvalue weighted by atomic mass is 16.4. The molecule has 2 heterocycles. The van der Waals surface area contributed by atoms with E-state index in [0.717, 1.165) is 48.9 Å². The normalized spacial score (nSPS) is 17.2. The minimum Gasteiger partial charge on any atom is -0.478 e. The summed E-state index contributed by atoms with van der Waals surface area (Å²) >= 11 is 0. The molecule has 0 radical (unpaired) electrons. The van der Waals surface area contributed by atoms with Gasteiger partial charge >= 0.3 is 5.97 Å². The number of piperidine rings is 1. The summed E-state index contributed by atoms with van der Waals surface area (Å²) < 4.78 is 2.20. The lowest BCUT2D eigenvalue weighted by Gasteiger charge is -2.29. The summed E-state index contributed by atoms with van der Waals surface area (Å²) in [5, 5.41) is 19.9. The molecule has 3 rings (SSSR count). The van der Waals surface area contributed by atoms with E-state index in [4.69, 9.17) is 0 Å². The average Bonchev–Trinajstić information content (AvgIpc) is 2.88. The van der Waals surface area contributed by atoms with Crippen molar-refractivity contribution in [1.82, 2.24) is 9.47 Å². The monoisotopic (exact) mass is 316 g/mol. The number of aliphatic hydroxyl groups is 1. The van der Waals surface area contributed by atoms with E-state index in [2.05, 4.69) is 29.5 Å². The van der Waals surface area contributed by atoms with Crippen LogP contribution in [0.25, 0.3) is 10.9 Å². The predicted octanol–water partition coefficient (Wildman–Crippen LogP) is 2.88. The Bertz CT molecular complexity index is 712. The summed E-state index contributed by atoms with van der Waals surface area (Å²) in [6.07, 6.45) is 3.58. The number of likely N-dealkylation sites (tertiary alicyclic amines) is 1. The minimum atomic E-state index is -0.892. The third-order valence-corrected chi connectivity index (χ3v) is 4.67. The van der Waals surface area contributed by atoms with E-state index in [1.807, 2.05) is 6.07 Å². The predicted molar refractivity (Wildman–Crippen MR) is 89.8 cm³/mol. The van der Waals surface area contributed by atoms with Crippen LogP contribution in [0.1, 0.15) is 48.7 Å². The third kappa shape index (κ3) is 3.26. The fourth-order valence-corrected chi connectivity index (χ4v) is 3.33. The second kappa shape index (κ2) is 6.34. The Kier molecular flexibility index (Phi) is 4.41. The van der Waals surface area contributed by atoms with Crippen LogP contribution in [0.2, 0.25) is 0 Å². The summed E-state index contributed by atoms with van der Waals surface area (Å²) in [4.78, 5) is 13.6. The van der Waals surface area contributed by atoms with Crippen molar-refractivity contribution in [3.63, 3.8) is 0 Å². The first-order valence-corrected chi connectivity index (χ1v) is 8.23. The number of carbonyl (C=O) groups is 1. The number of fused-ring (bicyclic) bond motifs is 1. The average molecular weight is 316 g/mol. The van der Waals surface area contributed by atoms with E-state index < -0.39 is 5.97 Å². The molecular weight excluding hydrogens is 292 g/mol. The maximum atomic E-state index is 11.3. The molecule has 1 aromatic carbocycles. The van der Waals surface area contributed by atoms with Crippen LogP contribution < -0.4 is 0 Å². The van der Waals surface area contributed by atoms with E-state index in [-0.39, 0.29) is 6.10 Å². The van der Waals surface area contributed by atoms with Crippen LogP contribution in [-0.4, -0.2) is 44.8 Å². The first kappa shape index (κ1) is 16.0. The molecule has 0 saturated carbocycles. The van der Waals surface area contributed by atoms with Gasteiger partial charge in [0.15, 0.2) is 0 Å². The SMILES string of the molecule is CC(C)n1cc(CN2CCC(O)CC2)c2cc(C(=O)O)ccc21. The number of hydrogen-bond acceptors (Lipinski definition) is 3. The Morgan fingerprint density at radius 3 is 2.61 bits per heavy atom. The van der Waals surface area contributed by atoms with E-state index in [0.29, 0.717) is 11.6 Å². The lowest BCUT2D eigenvalue weighted by Crippen LogP contribution is -2.35. The Balaban J connectivity index is 1.97. The first-order chi connectivity index (χ1) is 11.0. The van der Waals surface area contributed by atoms with Crippen LogP contribution in [0.4, 0.5) is 0 Å². The van der Waals surface area contributed by atoms with Crippen LogP contribution in [-0.2, 0) is 6.54 Å². The number of carboxylic acids is 1. The largest absolute Gasteiger partial charge is 0.478 e. The van der Waals surface area contributed by atoms with E-state index in [1.54, 1.807) is 12.1 Å². The molecule has 0 spiro atoms. The van der Waals surface area contributed by atoms with Gasteiger partial charge < -0.3 is 14.8 Å². The number of carboxylic acid groups (broad SMARTS) is 1. The molecule has 23 heavy (non-hydrogen) atoms. The summed E-state index contributed by atoms with van der Waals surface area (Å²) in [5.41, 5.74) is 2.57. The molecular formula is C18H24N2O3. The van der Waals surface area contributed by atoms with Crippen molar-refractivity contribution in [3.05, 3.63) is 35.5 Å². The molecule has 1 saturated heterocycles. The van der Waals surface area contributed by atoms with E-state index in [9.17, 15) is 15.0 Å². The molecule has 0 aliphatic carbocycles. The summed E-state index contributed by atoms with van der Waals surface area (Å²) in [6.45, 7) is 6.82. The highest BCUT2D eigenvalue weighted by Gasteiger charge is 2.20. The molecule has 5 nitrogen and oxygen atoms in total. The minimum absolute atomic E-state index is 0.179. The zero-order chi connectivity index (χ0) is 16.6. The Morgan fingerprint density at radius 2 is 2.00 bits per heavy atom. The number of aliphatic hydroxyl groups excluding tert-OH is 1. The van der Waals surface area contributed by atoms with Crippen LogP contribution >= 0.6 is 0 Å². The fourth-order valence-electron chi connectivity index (χ4n) is 3.33. The maximum Gasteiger partial charge on any atom is 0.335 e. The number of benzene rings is 1. The number of hydrogen-bond donors (Lipinski definition) is 2. The standard InChI is InChI=1S/C18H24N2O3/c1-12(2)20-11-14(10-19-7-5-15(21)6-8-19)16-9-13(18(22)23)3-4-17(16)20/h3-4,9,11-12,15,21H,5-8,10H2,1-2H3,(H,22,23). The van der Waals surface area contributed by atoms with Crippen LogP contribution in [0.3, 0.4) is 0 Å². The molecule has 1 aliphatic rings. The molecule has 124 valence electrons. The van der Waals surface area contributed by atoms with Gasteiger partial charge in [0.05, 0.1) is 11.7 Å². The fraction of sp³-hybridized carbons (Fsp3) is 0.500. The smallest absolute Gasteiger partial charge is 0.335 e. The van der Waals surface area contributed by atoms with Gasteiger partial charge in [-0.05, 0) is 50.5 Å². The van der Waals surface area contributed by atoms with Crippen molar-refractivity contribution in [3.8, 4) is 0 Å². The second-order valence-electron chi connectivity index (χ2n) is 6.70. The van der Waals surface area contributed by atoms with Gasteiger partial charge in [-0.3, -0.25) is 4.90 Å². The van der Waals surface area contributed by atoms with Crippen LogP contribution in [0.15, 0.2) is 24.4 Å². The Hall–Kier alpha value is -1.85. The summed E-state index contributed by atoms with van der Waals surface area (Å²) in [5.74, 6) is -0.892. The molecule has 5 heteroatoms. The molecule has 0 atom stereocenters. The number of aromatic carboxylic acids is 1. The van der Waals surface area contributed by atoms with E-state index >= 15 is 0 Å². The zero-order valence-corrected chi connectivity index (χ0v) is 13.7. The Labute approximate surface area is 136 Å². The number of rotatable bonds is 4. The molecule has 1 aliphatic heterocycles. The Morgan fingerprint density at radius 1 is 1.30 bits per heavy atom. The quantitative estimate of drug-likeness (QED) is 0.910. The van der Waals surface area contributed by atoms with Gasteiger partial charge in [-0.15, -0.1) is 0 Å². The van der Waals surface area contributed by atoms with Gasteiger partial charge in [0.25, 0.3) is 0 Å². The van der Waals surface area contributed by atoms with Crippen molar-refractivity contribution >= 4 is 16.9 Å². The molecule has 0 bridgehead atoms. The molecule has 0 amide bonds. The second-order valence-corrected chi connectivity index (χ2v) is 6.70. The number of nitrogens with zero attached hydrogens (tertiary/aromatic N) is 2. The van der Waals surface area contributed by atoms with Crippen molar-refractivity contribution in [2.24, 2.45) is 0 Å². The third-order valence-electron chi connectivity index (χ3n) is 4.67. The van der Waals surface area contributed by atoms with Gasteiger partial charge in [0.1, 0.15) is 0 Å². The molecule has 1 aromatic heterocycles.